The molecule has 3 rings (SSSR count). The van der Waals surface area contributed by atoms with Crippen LogP contribution in [0.4, 0.5) is 0 Å². The van der Waals surface area contributed by atoms with Gasteiger partial charge in [-0.15, -0.1) is 0 Å². The summed E-state index contributed by atoms with van der Waals surface area (Å²) in [7, 11) is 1.86. The van der Waals surface area contributed by atoms with Gasteiger partial charge in [-0.25, -0.2) is 0 Å². The molecule has 0 fully saturated rings. The van der Waals surface area contributed by atoms with Gasteiger partial charge in [-0.3, -0.25) is 4.79 Å². The molecule has 0 unspecified atom stereocenters. The highest BCUT2D eigenvalue weighted by Crippen LogP contribution is 2.19. The normalized spacial score (nSPS) is 10.9. The minimum atomic E-state index is -0.0952. The number of aryl methyl sites for hydroxylation is 2. The SMILES string of the molecule is Cc1ccccc1CNC(=O)c1cc2occc2n1C. The lowest BCUT2D eigenvalue weighted by Gasteiger charge is -2.08. The number of hydrogen-bond donors (Lipinski definition) is 1. The van der Waals surface area contributed by atoms with Gasteiger partial charge in [0.05, 0.1) is 11.8 Å². The predicted octanol–water partition coefficient (Wildman–Crippen LogP) is 3.01. The van der Waals surface area contributed by atoms with Crippen molar-refractivity contribution in [3.63, 3.8) is 0 Å². The van der Waals surface area contributed by atoms with Gasteiger partial charge in [0.2, 0.25) is 0 Å². The Morgan fingerprint density at radius 3 is 2.85 bits per heavy atom. The first-order valence-electron chi connectivity index (χ1n) is 6.52. The molecule has 0 saturated heterocycles. The third-order valence-electron chi connectivity index (χ3n) is 3.60. The van der Waals surface area contributed by atoms with Crippen LogP contribution in [0.3, 0.4) is 0 Å². The molecule has 1 N–H and O–H groups in total. The van der Waals surface area contributed by atoms with E-state index in [2.05, 4.69) is 5.32 Å². The van der Waals surface area contributed by atoms with E-state index in [4.69, 9.17) is 4.42 Å². The molecular formula is C16H16N2O2. The zero-order valence-electron chi connectivity index (χ0n) is 11.5. The number of nitrogens with zero attached hydrogens (tertiary/aromatic N) is 1. The summed E-state index contributed by atoms with van der Waals surface area (Å²) in [6.07, 6.45) is 1.62. The third-order valence-corrected chi connectivity index (χ3v) is 3.60. The van der Waals surface area contributed by atoms with Crippen molar-refractivity contribution in [2.45, 2.75) is 13.5 Å². The molecule has 2 heterocycles. The standard InChI is InChI=1S/C16H16N2O2/c1-11-5-3-4-6-12(11)10-17-16(19)14-9-15-13(18(14)2)7-8-20-15/h3-9H,10H2,1-2H3,(H,17,19). The van der Waals surface area contributed by atoms with Crippen LogP contribution in [0.5, 0.6) is 0 Å². The number of nitrogens with one attached hydrogen (secondary N) is 1. The van der Waals surface area contributed by atoms with Gasteiger partial charge in [0.15, 0.2) is 5.58 Å². The van der Waals surface area contributed by atoms with Gasteiger partial charge in [-0.05, 0) is 18.1 Å². The van der Waals surface area contributed by atoms with E-state index in [9.17, 15) is 4.79 Å². The van der Waals surface area contributed by atoms with Crippen LogP contribution in [0, 0.1) is 6.92 Å². The molecule has 1 aromatic carbocycles. The average molecular weight is 268 g/mol. The zero-order valence-corrected chi connectivity index (χ0v) is 11.5. The lowest BCUT2D eigenvalue weighted by molar-refractivity contribution is 0.0943. The van der Waals surface area contributed by atoms with Crippen molar-refractivity contribution in [1.82, 2.24) is 9.88 Å². The van der Waals surface area contributed by atoms with Crippen molar-refractivity contribution in [2.75, 3.05) is 0 Å². The number of fused-ring (bicyclic) bond motifs is 1. The highest BCUT2D eigenvalue weighted by Gasteiger charge is 2.14. The number of carbonyl (C=O) groups excluding carboxylic acids is 1. The quantitative estimate of drug-likeness (QED) is 0.793. The summed E-state index contributed by atoms with van der Waals surface area (Å²) in [5.74, 6) is -0.0952. The van der Waals surface area contributed by atoms with Crippen molar-refractivity contribution in [3.05, 3.63) is 59.5 Å². The molecule has 0 bridgehead atoms. The molecule has 2 aromatic heterocycles. The highest BCUT2D eigenvalue weighted by atomic mass is 16.3. The number of furan rings is 1. The molecule has 102 valence electrons. The molecule has 4 heteroatoms. The van der Waals surface area contributed by atoms with Crippen molar-refractivity contribution >= 4 is 17.0 Å². The fourth-order valence-corrected chi connectivity index (χ4v) is 2.34. The van der Waals surface area contributed by atoms with Gasteiger partial charge < -0.3 is 14.3 Å². The van der Waals surface area contributed by atoms with Gasteiger partial charge in [0.25, 0.3) is 5.91 Å². The van der Waals surface area contributed by atoms with Crippen LogP contribution >= 0.6 is 0 Å². The van der Waals surface area contributed by atoms with E-state index in [0.717, 1.165) is 16.7 Å². The van der Waals surface area contributed by atoms with Crippen LogP contribution in [0.15, 0.2) is 47.1 Å². The first kappa shape index (κ1) is 12.5. The molecule has 0 aliphatic carbocycles. The fraction of sp³-hybridized carbons (Fsp3) is 0.188. The van der Waals surface area contributed by atoms with Gasteiger partial charge in [0, 0.05) is 25.7 Å². The van der Waals surface area contributed by atoms with Crippen molar-refractivity contribution in [3.8, 4) is 0 Å². The second-order valence-corrected chi connectivity index (χ2v) is 4.87. The molecule has 0 saturated carbocycles. The molecule has 20 heavy (non-hydrogen) atoms. The third kappa shape index (κ3) is 2.09. The van der Waals surface area contributed by atoms with Gasteiger partial charge >= 0.3 is 0 Å². The van der Waals surface area contributed by atoms with E-state index in [-0.39, 0.29) is 5.91 Å². The number of amides is 1. The Bertz CT molecular complexity index is 768. The molecule has 1 amide bonds. The molecule has 4 nitrogen and oxygen atoms in total. The maximum atomic E-state index is 12.2. The summed E-state index contributed by atoms with van der Waals surface area (Å²) < 4.78 is 7.15. The Morgan fingerprint density at radius 1 is 1.30 bits per heavy atom. The number of hydrogen-bond acceptors (Lipinski definition) is 2. The summed E-state index contributed by atoms with van der Waals surface area (Å²) in [4.78, 5) is 12.2. The van der Waals surface area contributed by atoms with Crippen molar-refractivity contribution in [2.24, 2.45) is 7.05 Å². The molecule has 3 aromatic rings. The minimum absolute atomic E-state index is 0.0952. The van der Waals surface area contributed by atoms with E-state index < -0.39 is 0 Å². The fourth-order valence-electron chi connectivity index (χ4n) is 2.34. The Hall–Kier alpha value is -2.49. The molecule has 0 aliphatic rings. The van der Waals surface area contributed by atoms with Crippen LogP contribution in [0.2, 0.25) is 0 Å². The molecule has 0 atom stereocenters. The first-order valence-corrected chi connectivity index (χ1v) is 6.52. The average Bonchev–Trinajstić information content (AvgIpc) is 3.01. The van der Waals surface area contributed by atoms with Crippen molar-refractivity contribution in [1.29, 1.82) is 0 Å². The first-order chi connectivity index (χ1) is 9.66. The van der Waals surface area contributed by atoms with Gasteiger partial charge in [-0.2, -0.15) is 0 Å². The lowest BCUT2D eigenvalue weighted by Crippen LogP contribution is -2.25. The topological polar surface area (TPSA) is 47.2 Å². The van der Waals surface area contributed by atoms with Crippen LogP contribution in [-0.2, 0) is 13.6 Å². The Kier molecular flexibility index (Phi) is 3.06. The molecule has 0 aliphatic heterocycles. The van der Waals surface area contributed by atoms with E-state index >= 15 is 0 Å². The summed E-state index contributed by atoms with van der Waals surface area (Å²) >= 11 is 0. The maximum Gasteiger partial charge on any atom is 0.268 e. The smallest absolute Gasteiger partial charge is 0.268 e. The van der Waals surface area contributed by atoms with Crippen LogP contribution in [0.25, 0.3) is 11.1 Å². The summed E-state index contributed by atoms with van der Waals surface area (Å²) in [6, 6.07) is 11.6. The highest BCUT2D eigenvalue weighted by molar-refractivity contribution is 5.97. The van der Waals surface area contributed by atoms with Gasteiger partial charge in [0.1, 0.15) is 5.69 Å². The predicted molar refractivity (Wildman–Crippen MR) is 77.5 cm³/mol. The Labute approximate surface area is 117 Å². The van der Waals surface area contributed by atoms with E-state index in [1.165, 1.54) is 5.56 Å². The Morgan fingerprint density at radius 2 is 2.10 bits per heavy atom. The van der Waals surface area contributed by atoms with Crippen LogP contribution < -0.4 is 5.32 Å². The number of aromatic nitrogens is 1. The van der Waals surface area contributed by atoms with E-state index in [1.807, 2.05) is 48.9 Å². The number of rotatable bonds is 3. The maximum absolute atomic E-state index is 12.2. The number of carbonyl (C=O) groups is 1. The minimum Gasteiger partial charge on any atom is -0.463 e. The van der Waals surface area contributed by atoms with Crippen LogP contribution in [-0.4, -0.2) is 10.5 Å². The monoisotopic (exact) mass is 268 g/mol. The molecule has 0 radical (unpaired) electrons. The second-order valence-electron chi connectivity index (χ2n) is 4.87. The van der Waals surface area contributed by atoms with Gasteiger partial charge in [-0.1, -0.05) is 24.3 Å². The van der Waals surface area contributed by atoms with E-state index in [0.29, 0.717) is 12.2 Å². The largest absolute Gasteiger partial charge is 0.463 e. The summed E-state index contributed by atoms with van der Waals surface area (Å²) in [5, 5.41) is 2.95. The Balaban J connectivity index is 1.78. The second kappa shape index (κ2) is 4.89. The zero-order chi connectivity index (χ0) is 14.1. The van der Waals surface area contributed by atoms with Crippen LogP contribution in [0.1, 0.15) is 21.6 Å². The van der Waals surface area contributed by atoms with E-state index in [1.54, 1.807) is 12.3 Å². The molecular weight excluding hydrogens is 252 g/mol. The summed E-state index contributed by atoms with van der Waals surface area (Å²) in [6.45, 7) is 2.56. The summed E-state index contributed by atoms with van der Waals surface area (Å²) in [5.41, 5.74) is 4.56. The lowest BCUT2D eigenvalue weighted by atomic mass is 10.1. The molecule has 0 spiro atoms. The number of benzene rings is 1. The van der Waals surface area contributed by atoms with Crippen molar-refractivity contribution < 1.29 is 9.21 Å².